The van der Waals surface area contributed by atoms with Crippen molar-refractivity contribution in [1.82, 2.24) is 0 Å². The Morgan fingerprint density at radius 1 is 1.15 bits per heavy atom. The Bertz CT molecular complexity index is 916. The smallest absolute Gasteiger partial charge is 0.245 e. The molecule has 0 aromatic heterocycles. The Balaban J connectivity index is 2.29. The molecule has 0 atom stereocenters. The summed E-state index contributed by atoms with van der Waals surface area (Å²) in [4.78, 5) is 13.5. The average molecular weight is 411 g/mol. The SMILES string of the molecule is COc1ccc(N(CC(=O)Nc2cccc(SC)c2)S(C)(=O)=O)c(OC)c1. The molecule has 2 aromatic rings. The molecular weight excluding hydrogens is 388 g/mol. The fourth-order valence-corrected chi connectivity index (χ4v) is 3.72. The van der Waals surface area contributed by atoms with Crippen molar-refractivity contribution in [2.75, 3.05) is 42.9 Å². The first-order chi connectivity index (χ1) is 12.8. The van der Waals surface area contributed by atoms with Crippen LogP contribution in [0.3, 0.4) is 0 Å². The highest BCUT2D eigenvalue weighted by atomic mass is 32.2. The number of ether oxygens (including phenoxy) is 2. The molecule has 1 N–H and O–H groups in total. The highest BCUT2D eigenvalue weighted by molar-refractivity contribution is 7.98. The maximum absolute atomic E-state index is 12.5. The number of thioether (sulfide) groups is 1. The van der Waals surface area contributed by atoms with Crippen LogP contribution < -0.4 is 19.1 Å². The fraction of sp³-hybridized carbons (Fsp3) is 0.278. The number of nitrogens with zero attached hydrogens (tertiary/aromatic N) is 1. The molecule has 9 heteroatoms. The number of anilines is 2. The fourth-order valence-electron chi connectivity index (χ4n) is 2.40. The topological polar surface area (TPSA) is 84.9 Å². The molecule has 2 aromatic carbocycles. The standard InChI is InChI=1S/C18H22N2O5S2/c1-24-14-8-9-16(17(11-14)25-2)20(27(4,22)23)12-18(21)19-13-6-5-7-15(10-13)26-3/h5-11H,12H2,1-4H3,(H,19,21). The quantitative estimate of drug-likeness (QED) is 0.674. The molecule has 0 aliphatic carbocycles. The number of methoxy groups -OCH3 is 2. The van der Waals surface area contributed by atoms with Crippen LogP contribution in [-0.4, -0.2) is 47.6 Å². The van der Waals surface area contributed by atoms with Crippen molar-refractivity contribution in [2.24, 2.45) is 0 Å². The predicted molar refractivity (Wildman–Crippen MR) is 109 cm³/mol. The van der Waals surface area contributed by atoms with E-state index in [2.05, 4.69) is 5.32 Å². The van der Waals surface area contributed by atoms with Gasteiger partial charge in [0.1, 0.15) is 18.0 Å². The van der Waals surface area contributed by atoms with Gasteiger partial charge < -0.3 is 14.8 Å². The molecule has 0 bridgehead atoms. The summed E-state index contributed by atoms with van der Waals surface area (Å²) in [6, 6.07) is 12.0. The van der Waals surface area contributed by atoms with Gasteiger partial charge in [0, 0.05) is 16.6 Å². The molecule has 0 aliphatic heterocycles. The van der Waals surface area contributed by atoms with Gasteiger partial charge in [-0.2, -0.15) is 0 Å². The van der Waals surface area contributed by atoms with Crippen LogP contribution in [0.2, 0.25) is 0 Å². The van der Waals surface area contributed by atoms with E-state index in [1.54, 1.807) is 36.0 Å². The highest BCUT2D eigenvalue weighted by Crippen LogP contribution is 2.33. The van der Waals surface area contributed by atoms with E-state index in [4.69, 9.17) is 9.47 Å². The lowest BCUT2D eigenvalue weighted by Gasteiger charge is -2.24. The molecule has 0 aliphatic rings. The minimum Gasteiger partial charge on any atom is -0.497 e. The first-order valence-corrected chi connectivity index (χ1v) is 11.0. The lowest BCUT2D eigenvalue weighted by Crippen LogP contribution is -2.37. The van der Waals surface area contributed by atoms with Crippen molar-refractivity contribution in [1.29, 1.82) is 0 Å². The van der Waals surface area contributed by atoms with Gasteiger partial charge in [0.25, 0.3) is 0 Å². The summed E-state index contributed by atoms with van der Waals surface area (Å²) in [5.74, 6) is 0.343. The molecule has 0 fully saturated rings. The maximum Gasteiger partial charge on any atom is 0.245 e. The first-order valence-electron chi connectivity index (χ1n) is 7.92. The monoisotopic (exact) mass is 410 g/mol. The number of nitrogens with one attached hydrogen (secondary N) is 1. The number of carbonyl (C=O) groups is 1. The molecular formula is C18H22N2O5S2. The molecule has 2 rings (SSSR count). The second-order valence-corrected chi connectivity index (χ2v) is 8.37. The number of hydrogen-bond donors (Lipinski definition) is 1. The lowest BCUT2D eigenvalue weighted by atomic mass is 10.2. The molecule has 0 saturated carbocycles. The van der Waals surface area contributed by atoms with Gasteiger partial charge in [0.15, 0.2) is 0 Å². The molecule has 1 amide bonds. The first kappa shape index (κ1) is 20.9. The lowest BCUT2D eigenvalue weighted by molar-refractivity contribution is -0.114. The number of sulfonamides is 1. The summed E-state index contributed by atoms with van der Waals surface area (Å²) < 4.78 is 36.0. The summed E-state index contributed by atoms with van der Waals surface area (Å²) in [6.45, 7) is -0.384. The Morgan fingerprint density at radius 3 is 2.48 bits per heavy atom. The zero-order valence-corrected chi connectivity index (χ0v) is 17.2. The third kappa shape index (κ3) is 5.54. The van der Waals surface area contributed by atoms with Gasteiger partial charge in [-0.15, -0.1) is 11.8 Å². The average Bonchev–Trinajstić information content (AvgIpc) is 2.65. The van der Waals surface area contributed by atoms with Gasteiger partial charge in [-0.3, -0.25) is 9.10 Å². The van der Waals surface area contributed by atoms with Crippen molar-refractivity contribution in [3.8, 4) is 11.5 Å². The van der Waals surface area contributed by atoms with Crippen molar-refractivity contribution in [3.05, 3.63) is 42.5 Å². The molecule has 146 valence electrons. The molecule has 0 spiro atoms. The molecule has 0 heterocycles. The Morgan fingerprint density at radius 2 is 1.89 bits per heavy atom. The summed E-state index contributed by atoms with van der Waals surface area (Å²) in [5.41, 5.74) is 0.857. The van der Waals surface area contributed by atoms with Gasteiger partial charge in [-0.1, -0.05) is 6.07 Å². The van der Waals surface area contributed by atoms with Crippen LogP contribution in [0.1, 0.15) is 0 Å². The zero-order chi connectivity index (χ0) is 20.0. The summed E-state index contributed by atoms with van der Waals surface area (Å²) in [7, 11) is -0.800. The Kier molecular flexibility index (Phi) is 6.98. The van der Waals surface area contributed by atoms with Crippen LogP contribution in [0.4, 0.5) is 11.4 Å². The number of rotatable bonds is 8. The van der Waals surface area contributed by atoms with Crippen LogP contribution in [0.5, 0.6) is 11.5 Å². The second-order valence-electron chi connectivity index (χ2n) is 5.59. The number of benzene rings is 2. The van der Waals surface area contributed by atoms with E-state index >= 15 is 0 Å². The summed E-state index contributed by atoms with van der Waals surface area (Å²) in [5, 5.41) is 2.73. The summed E-state index contributed by atoms with van der Waals surface area (Å²) >= 11 is 1.55. The molecule has 0 unspecified atom stereocenters. The van der Waals surface area contributed by atoms with Gasteiger partial charge >= 0.3 is 0 Å². The molecule has 0 radical (unpaired) electrons. The third-order valence-electron chi connectivity index (χ3n) is 3.70. The molecule has 27 heavy (non-hydrogen) atoms. The number of amides is 1. The Labute approximate surface area is 163 Å². The van der Waals surface area contributed by atoms with E-state index in [0.29, 0.717) is 11.4 Å². The highest BCUT2D eigenvalue weighted by Gasteiger charge is 2.24. The summed E-state index contributed by atoms with van der Waals surface area (Å²) in [6.07, 6.45) is 2.97. The van der Waals surface area contributed by atoms with Crippen molar-refractivity contribution in [3.63, 3.8) is 0 Å². The van der Waals surface area contributed by atoms with Crippen LogP contribution in [0.15, 0.2) is 47.4 Å². The van der Waals surface area contributed by atoms with E-state index in [1.807, 2.05) is 24.5 Å². The zero-order valence-electron chi connectivity index (χ0n) is 15.6. The molecule has 7 nitrogen and oxygen atoms in total. The minimum atomic E-state index is -3.72. The van der Waals surface area contributed by atoms with Crippen LogP contribution >= 0.6 is 11.8 Å². The van der Waals surface area contributed by atoms with Crippen LogP contribution in [-0.2, 0) is 14.8 Å². The predicted octanol–water partition coefficient (Wildman–Crippen LogP) is 2.83. The van der Waals surface area contributed by atoms with Crippen molar-refractivity contribution >= 4 is 39.1 Å². The van der Waals surface area contributed by atoms with Crippen LogP contribution in [0.25, 0.3) is 0 Å². The normalized spacial score (nSPS) is 11.0. The largest absolute Gasteiger partial charge is 0.497 e. The second kappa shape index (κ2) is 9.01. The van der Waals surface area contributed by atoms with Gasteiger partial charge in [0.2, 0.25) is 15.9 Å². The van der Waals surface area contributed by atoms with Crippen LogP contribution in [0, 0.1) is 0 Å². The van der Waals surface area contributed by atoms with E-state index in [9.17, 15) is 13.2 Å². The van der Waals surface area contributed by atoms with Gasteiger partial charge in [-0.05, 0) is 36.6 Å². The third-order valence-corrected chi connectivity index (χ3v) is 5.55. The van der Waals surface area contributed by atoms with Gasteiger partial charge in [-0.25, -0.2) is 8.42 Å². The number of carbonyl (C=O) groups excluding carboxylic acids is 1. The maximum atomic E-state index is 12.5. The van der Waals surface area contributed by atoms with Crippen molar-refractivity contribution in [2.45, 2.75) is 4.90 Å². The van der Waals surface area contributed by atoms with E-state index in [-0.39, 0.29) is 18.0 Å². The van der Waals surface area contributed by atoms with E-state index < -0.39 is 15.9 Å². The molecule has 0 saturated heterocycles. The number of hydrogen-bond acceptors (Lipinski definition) is 6. The minimum absolute atomic E-state index is 0.258. The van der Waals surface area contributed by atoms with Crippen molar-refractivity contribution < 1.29 is 22.7 Å². The van der Waals surface area contributed by atoms with Gasteiger partial charge in [0.05, 0.1) is 26.2 Å². The van der Waals surface area contributed by atoms with E-state index in [0.717, 1.165) is 15.5 Å². The Hall–Kier alpha value is -2.39. The van der Waals surface area contributed by atoms with E-state index in [1.165, 1.54) is 14.2 Å².